The molecule has 3 aromatic heterocycles. The van der Waals surface area contributed by atoms with Crippen LogP contribution in [0.25, 0.3) is 22.0 Å². The first-order valence-corrected chi connectivity index (χ1v) is 12.6. The highest BCUT2D eigenvalue weighted by molar-refractivity contribution is 7.89. The topological polar surface area (TPSA) is 140 Å². The van der Waals surface area contributed by atoms with Crippen molar-refractivity contribution in [2.24, 2.45) is 0 Å². The van der Waals surface area contributed by atoms with Crippen LogP contribution >= 0.6 is 0 Å². The summed E-state index contributed by atoms with van der Waals surface area (Å²) in [7, 11) is -3.86. The lowest BCUT2D eigenvalue weighted by molar-refractivity contribution is 0.0974. The molecule has 4 N–H and O–H groups in total. The molecule has 9 nitrogen and oxygen atoms in total. The maximum Gasteiger partial charge on any atom is 0.282 e. The number of nitrogens with one attached hydrogen (secondary N) is 2. The Balaban J connectivity index is 2.09. The van der Waals surface area contributed by atoms with E-state index >= 15 is 0 Å². The molecule has 0 aliphatic heterocycles. The van der Waals surface area contributed by atoms with Crippen molar-refractivity contribution in [1.29, 1.82) is 0 Å². The molecule has 0 atom stereocenters. The number of amides is 1. The van der Waals surface area contributed by atoms with Crippen molar-refractivity contribution in [3.63, 3.8) is 0 Å². The zero-order valence-electron chi connectivity index (χ0n) is 18.8. The number of nitrogens with zero attached hydrogens (tertiary/aromatic N) is 2. The summed E-state index contributed by atoms with van der Waals surface area (Å²) in [5.74, 6) is -0.503. The van der Waals surface area contributed by atoms with Gasteiger partial charge in [-0.1, -0.05) is 19.4 Å². The number of nitrogens with two attached hydrogens (primary N) is 1. The van der Waals surface area contributed by atoms with E-state index in [-0.39, 0.29) is 23.4 Å². The fraction of sp³-hybridized carbons (Fsp3) is 0.208. The van der Waals surface area contributed by atoms with Gasteiger partial charge in [0.2, 0.25) is 10.0 Å². The Kier molecular flexibility index (Phi) is 6.25. The summed E-state index contributed by atoms with van der Waals surface area (Å²) in [6, 6.07) is 12.5. The lowest BCUT2D eigenvalue weighted by Gasteiger charge is -2.12. The molecule has 0 aliphatic rings. The van der Waals surface area contributed by atoms with Crippen molar-refractivity contribution in [2.45, 2.75) is 26.3 Å². The van der Waals surface area contributed by atoms with Crippen molar-refractivity contribution in [3.05, 3.63) is 82.0 Å². The van der Waals surface area contributed by atoms with E-state index in [4.69, 9.17) is 5.73 Å². The van der Waals surface area contributed by atoms with Gasteiger partial charge in [-0.2, -0.15) is 0 Å². The lowest BCUT2D eigenvalue weighted by Crippen LogP contribution is -2.31. The third-order valence-electron chi connectivity index (χ3n) is 5.43. The van der Waals surface area contributed by atoms with Crippen LogP contribution in [0.3, 0.4) is 0 Å². The standard InChI is InChI=1S/C24H25N5O4S/c1-3-5-15-7-8-19-18(12-15)21(17-6-4-10-27-23(17)30)22(24(31)28-34(2,32)33)29(19)14-16-9-11-26-20(25)13-16/h4,6-13H,3,5,14H2,1-2H3,(H2,25,26)(H,27,30)(H,28,31). The second-order valence-electron chi connectivity index (χ2n) is 8.12. The fourth-order valence-corrected chi connectivity index (χ4v) is 4.56. The van der Waals surface area contributed by atoms with Gasteiger partial charge in [0.05, 0.1) is 6.26 Å². The number of anilines is 1. The number of nitrogen functional groups attached to an aromatic ring is 1. The number of hydrogen-bond donors (Lipinski definition) is 3. The van der Waals surface area contributed by atoms with E-state index in [2.05, 4.69) is 21.6 Å². The minimum absolute atomic E-state index is 0.0705. The number of carbonyl (C=O) groups excluding carboxylic acids is 1. The van der Waals surface area contributed by atoms with Crippen molar-refractivity contribution >= 4 is 32.7 Å². The monoisotopic (exact) mass is 479 g/mol. The Labute approximate surface area is 196 Å². The molecule has 1 aromatic carbocycles. The van der Waals surface area contributed by atoms with Gasteiger partial charge in [0, 0.05) is 41.0 Å². The molecule has 0 spiro atoms. The summed E-state index contributed by atoms with van der Waals surface area (Å²) < 4.78 is 27.7. The van der Waals surface area contributed by atoms with Crippen LogP contribution in [0.1, 0.15) is 35.0 Å². The van der Waals surface area contributed by atoms with Gasteiger partial charge >= 0.3 is 0 Å². The van der Waals surface area contributed by atoms with Crippen LogP contribution in [0, 0.1) is 0 Å². The van der Waals surface area contributed by atoms with Gasteiger partial charge in [0.15, 0.2) is 0 Å². The summed E-state index contributed by atoms with van der Waals surface area (Å²) in [5.41, 5.74) is 8.68. The zero-order valence-corrected chi connectivity index (χ0v) is 19.6. The number of aromatic amines is 1. The molecule has 0 saturated carbocycles. The summed E-state index contributed by atoms with van der Waals surface area (Å²) in [6.45, 7) is 2.28. The first kappa shape index (κ1) is 23.2. The molecule has 0 bridgehead atoms. The molecule has 176 valence electrons. The largest absolute Gasteiger partial charge is 0.384 e. The van der Waals surface area contributed by atoms with Crippen LogP contribution in [0.2, 0.25) is 0 Å². The van der Waals surface area contributed by atoms with Crippen LogP contribution in [-0.2, 0) is 23.0 Å². The van der Waals surface area contributed by atoms with E-state index in [1.807, 2.05) is 18.2 Å². The third kappa shape index (κ3) is 4.72. The Morgan fingerprint density at radius 1 is 1.18 bits per heavy atom. The molecule has 4 rings (SSSR count). The lowest BCUT2D eigenvalue weighted by atomic mass is 10.0. The normalized spacial score (nSPS) is 11.6. The number of carbonyl (C=O) groups is 1. The molecule has 0 aliphatic carbocycles. The predicted octanol–water partition coefficient (Wildman–Crippen LogP) is 2.66. The molecular formula is C24H25N5O4S. The SMILES string of the molecule is CCCc1ccc2c(c1)c(-c1ccc[nH]c1=O)c(C(=O)NS(C)(=O)=O)n2Cc1ccnc(N)c1. The summed E-state index contributed by atoms with van der Waals surface area (Å²) in [6.07, 6.45) is 5.72. The number of aryl methyl sites for hydroxylation is 1. The second-order valence-corrected chi connectivity index (χ2v) is 9.86. The molecule has 0 fully saturated rings. The zero-order chi connectivity index (χ0) is 24.5. The van der Waals surface area contributed by atoms with Gasteiger partial charge in [0.25, 0.3) is 11.5 Å². The van der Waals surface area contributed by atoms with Crippen molar-refractivity contribution < 1.29 is 13.2 Å². The van der Waals surface area contributed by atoms with Gasteiger partial charge in [-0.25, -0.2) is 18.1 Å². The number of rotatable bonds is 7. The van der Waals surface area contributed by atoms with E-state index in [1.165, 1.54) is 6.20 Å². The first-order chi connectivity index (χ1) is 16.2. The summed E-state index contributed by atoms with van der Waals surface area (Å²) in [4.78, 5) is 32.8. The highest BCUT2D eigenvalue weighted by Crippen LogP contribution is 2.35. The van der Waals surface area contributed by atoms with Crippen LogP contribution in [-0.4, -0.2) is 35.1 Å². The van der Waals surface area contributed by atoms with Gasteiger partial charge < -0.3 is 15.3 Å². The maximum atomic E-state index is 13.4. The van der Waals surface area contributed by atoms with E-state index in [9.17, 15) is 18.0 Å². The highest BCUT2D eigenvalue weighted by Gasteiger charge is 2.27. The minimum atomic E-state index is -3.86. The third-order valence-corrected chi connectivity index (χ3v) is 5.99. The maximum absolute atomic E-state index is 13.4. The Morgan fingerprint density at radius 2 is 1.97 bits per heavy atom. The Hall–Kier alpha value is -3.92. The fourth-order valence-electron chi connectivity index (χ4n) is 4.13. The number of benzene rings is 1. The minimum Gasteiger partial charge on any atom is -0.384 e. The number of sulfonamides is 1. The van der Waals surface area contributed by atoms with E-state index in [0.717, 1.165) is 30.2 Å². The van der Waals surface area contributed by atoms with Crippen LogP contribution < -0.4 is 16.0 Å². The molecule has 0 saturated heterocycles. The smallest absolute Gasteiger partial charge is 0.282 e. The second kappa shape index (κ2) is 9.14. The molecule has 10 heteroatoms. The molecular weight excluding hydrogens is 454 g/mol. The van der Waals surface area contributed by atoms with Crippen molar-refractivity contribution in [3.8, 4) is 11.1 Å². The number of hydrogen-bond acceptors (Lipinski definition) is 6. The van der Waals surface area contributed by atoms with Crippen LogP contribution in [0.4, 0.5) is 5.82 Å². The van der Waals surface area contributed by atoms with Gasteiger partial charge in [-0.05, 0) is 53.9 Å². The van der Waals surface area contributed by atoms with Gasteiger partial charge in [-0.15, -0.1) is 0 Å². The first-order valence-electron chi connectivity index (χ1n) is 10.7. The average Bonchev–Trinajstić information content (AvgIpc) is 3.06. The number of fused-ring (bicyclic) bond motifs is 1. The Morgan fingerprint density at radius 3 is 2.65 bits per heavy atom. The number of aromatic nitrogens is 3. The van der Waals surface area contributed by atoms with Gasteiger partial charge in [0.1, 0.15) is 11.5 Å². The summed E-state index contributed by atoms with van der Waals surface area (Å²) in [5, 5.41) is 0.684. The molecule has 3 heterocycles. The molecule has 0 radical (unpaired) electrons. The molecule has 34 heavy (non-hydrogen) atoms. The van der Waals surface area contributed by atoms with E-state index in [0.29, 0.717) is 22.3 Å². The number of pyridine rings is 2. The van der Waals surface area contributed by atoms with Gasteiger partial charge in [-0.3, -0.25) is 9.59 Å². The Bertz CT molecular complexity index is 1550. The van der Waals surface area contributed by atoms with Crippen molar-refractivity contribution in [2.75, 3.05) is 12.0 Å². The average molecular weight is 480 g/mol. The van der Waals surface area contributed by atoms with Crippen LogP contribution in [0.5, 0.6) is 0 Å². The van der Waals surface area contributed by atoms with Crippen molar-refractivity contribution in [1.82, 2.24) is 19.3 Å². The van der Waals surface area contributed by atoms with E-state index in [1.54, 1.807) is 35.0 Å². The molecule has 4 aromatic rings. The highest BCUT2D eigenvalue weighted by atomic mass is 32.2. The molecule has 1 amide bonds. The van der Waals surface area contributed by atoms with Crippen LogP contribution in [0.15, 0.2) is 59.7 Å². The quantitative estimate of drug-likeness (QED) is 0.372. The number of H-pyrrole nitrogens is 1. The van der Waals surface area contributed by atoms with E-state index < -0.39 is 15.9 Å². The predicted molar refractivity (Wildman–Crippen MR) is 132 cm³/mol. The summed E-state index contributed by atoms with van der Waals surface area (Å²) >= 11 is 0. The molecule has 0 unspecified atom stereocenters.